The summed E-state index contributed by atoms with van der Waals surface area (Å²) in [6.07, 6.45) is 9.78. The topological polar surface area (TPSA) is 18.0 Å². The Morgan fingerprint density at radius 3 is 3.08 bits per heavy atom. The first-order valence-electron chi connectivity index (χ1n) is 4.83. The Kier molecular flexibility index (Phi) is 4.54. The second kappa shape index (κ2) is 5.75. The smallest absolute Gasteiger partial charge is 0.203 e. The number of imidazole rings is 1. The van der Waals surface area contributed by atoms with Gasteiger partial charge in [-0.1, -0.05) is 13.3 Å². The summed E-state index contributed by atoms with van der Waals surface area (Å²) in [5.41, 5.74) is 0. The van der Waals surface area contributed by atoms with E-state index in [2.05, 4.69) is 24.0 Å². The van der Waals surface area contributed by atoms with Crippen molar-refractivity contribution >= 4 is 0 Å². The maximum Gasteiger partial charge on any atom is 0.203 e. The number of methoxy groups -OCH3 is 1. The second-order valence-corrected chi connectivity index (χ2v) is 3.13. The third kappa shape index (κ3) is 3.59. The van der Waals surface area contributed by atoms with Gasteiger partial charge in [-0.3, -0.25) is 0 Å². The maximum absolute atomic E-state index is 4.99. The molecule has 1 heterocycles. The Balaban J connectivity index is 2.34. The van der Waals surface area contributed by atoms with Crippen LogP contribution in [0, 0.1) is 6.33 Å². The molecule has 0 N–H and O–H groups in total. The quantitative estimate of drug-likeness (QED) is 0.474. The van der Waals surface area contributed by atoms with Crippen molar-refractivity contribution in [2.75, 3.05) is 13.7 Å². The molecule has 0 saturated heterocycles. The number of aromatic nitrogens is 2. The van der Waals surface area contributed by atoms with E-state index in [-0.39, 0.29) is 0 Å². The highest BCUT2D eigenvalue weighted by molar-refractivity contribution is 4.64. The van der Waals surface area contributed by atoms with Gasteiger partial charge in [-0.2, -0.15) is 0 Å². The lowest BCUT2D eigenvalue weighted by Crippen LogP contribution is -2.34. The molecular formula is C10H18N2O. The molecule has 0 atom stereocenters. The van der Waals surface area contributed by atoms with Crippen LogP contribution in [0.1, 0.15) is 19.8 Å². The highest BCUT2D eigenvalue weighted by Crippen LogP contribution is 1.92. The van der Waals surface area contributed by atoms with E-state index < -0.39 is 0 Å². The molecule has 0 radical (unpaired) electrons. The molecule has 0 unspecified atom stereocenters. The Labute approximate surface area is 79.9 Å². The van der Waals surface area contributed by atoms with Crippen LogP contribution in [0.5, 0.6) is 0 Å². The Morgan fingerprint density at radius 1 is 1.54 bits per heavy atom. The fraction of sp³-hybridized carbons (Fsp3) is 0.700. The lowest BCUT2D eigenvalue weighted by atomic mass is 10.3. The lowest BCUT2D eigenvalue weighted by molar-refractivity contribution is -0.701. The standard InChI is InChI=1S/C10H18N2O/c1-3-4-5-11-6-7-12(10-11)8-9-13-2/h6-7H,3-5,8-9H2,1-2H3. The van der Waals surface area contributed by atoms with E-state index in [0.717, 1.165) is 19.7 Å². The van der Waals surface area contributed by atoms with Crippen LogP contribution in [-0.2, 0) is 17.8 Å². The average molecular weight is 182 g/mol. The summed E-state index contributed by atoms with van der Waals surface area (Å²) in [5.74, 6) is 0. The number of ether oxygens (including phenoxy) is 1. The zero-order chi connectivity index (χ0) is 9.52. The molecule has 3 heteroatoms. The Morgan fingerprint density at radius 2 is 2.38 bits per heavy atom. The van der Waals surface area contributed by atoms with Crippen molar-refractivity contribution < 1.29 is 9.30 Å². The summed E-state index contributed by atoms with van der Waals surface area (Å²) in [6.45, 7) is 4.90. The number of hydrogen-bond donors (Lipinski definition) is 0. The normalized spacial score (nSPS) is 10.6. The van der Waals surface area contributed by atoms with Crippen LogP contribution in [0.2, 0.25) is 0 Å². The van der Waals surface area contributed by atoms with Crippen molar-refractivity contribution in [2.45, 2.75) is 32.9 Å². The average Bonchev–Trinajstić information content (AvgIpc) is 2.59. The van der Waals surface area contributed by atoms with E-state index in [1.165, 1.54) is 12.8 Å². The number of hydrogen-bond acceptors (Lipinski definition) is 1. The molecule has 0 saturated carbocycles. The van der Waals surface area contributed by atoms with Gasteiger partial charge in [0, 0.05) is 7.11 Å². The zero-order valence-corrected chi connectivity index (χ0v) is 8.49. The fourth-order valence-corrected chi connectivity index (χ4v) is 1.16. The maximum atomic E-state index is 4.99. The molecule has 0 bridgehead atoms. The summed E-state index contributed by atoms with van der Waals surface area (Å²) in [5, 5.41) is 0. The van der Waals surface area contributed by atoms with E-state index in [9.17, 15) is 0 Å². The molecule has 0 amide bonds. The lowest BCUT2D eigenvalue weighted by Gasteiger charge is -1.99. The van der Waals surface area contributed by atoms with Gasteiger partial charge in [-0.05, 0) is 18.8 Å². The highest BCUT2D eigenvalue weighted by atomic mass is 16.5. The summed E-state index contributed by atoms with van der Waals surface area (Å²) in [7, 11) is 1.72. The first kappa shape index (κ1) is 10.3. The van der Waals surface area contributed by atoms with Gasteiger partial charge >= 0.3 is 0 Å². The molecule has 0 fully saturated rings. The van der Waals surface area contributed by atoms with Crippen LogP contribution in [-0.4, -0.2) is 18.3 Å². The largest absolute Gasteiger partial charge is 0.381 e. The van der Waals surface area contributed by atoms with Crippen LogP contribution in [0.3, 0.4) is 0 Å². The minimum atomic E-state index is 0.749. The third-order valence-electron chi connectivity index (χ3n) is 1.97. The van der Waals surface area contributed by atoms with Gasteiger partial charge in [0.15, 0.2) is 0 Å². The van der Waals surface area contributed by atoms with E-state index in [4.69, 9.17) is 4.74 Å². The molecule has 0 aliphatic carbocycles. The highest BCUT2D eigenvalue weighted by Gasteiger charge is 1.94. The molecule has 3 nitrogen and oxygen atoms in total. The molecule has 1 aromatic heterocycles. The van der Waals surface area contributed by atoms with Crippen molar-refractivity contribution in [2.24, 2.45) is 0 Å². The summed E-state index contributed by atoms with van der Waals surface area (Å²) < 4.78 is 9.11. The van der Waals surface area contributed by atoms with Crippen molar-refractivity contribution in [1.82, 2.24) is 4.57 Å². The molecule has 0 aromatic carbocycles. The van der Waals surface area contributed by atoms with Crippen molar-refractivity contribution in [3.8, 4) is 0 Å². The van der Waals surface area contributed by atoms with Gasteiger partial charge in [-0.25, -0.2) is 0 Å². The van der Waals surface area contributed by atoms with Gasteiger partial charge < -0.3 is 13.9 Å². The summed E-state index contributed by atoms with van der Waals surface area (Å²) in [6, 6.07) is 0. The van der Waals surface area contributed by atoms with Gasteiger partial charge in [0.1, 0.15) is 0 Å². The zero-order valence-electron chi connectivity index (χ0n) is 8.49. The molecule has 0 aliphatic rings. The van der Waals surface area contributed by atoms with Crippen LogP contribution in [0.15, 0.2) is 12.4 Å². The number of nitrogens with zero attached hydrogens (tertiary/aromatic N) is 2. The monoisotopic (exact) mass is 182 g/mol. The van der Waals surface area contributed by atoms with Gasteiger partial charge in [0.05, 0.1) is 19.7 Å². The molecule has 0 aliphatic heterocycles. The first-order valence-corrected chi connectivity index (χ1v) is 4.83. The predicted molar refractivity (Wildman–Crippen MR) is 50.2 cm³/mol. The van der Waals surface area contributed by atoms with Crippen molar-refractivity contribution in [3.05, 3.63) is 18.7 Å². The number of unbranched alkanes of at least 4 members (excludes halogenated alkanes) is 1. The molecule has 1 rings (SSSR count). The van der Waals surface area contributed by atoms with Crippen LogP contribution >= 0.6 is 0 Å². The van der Waals surface area contributed by atoms with Gasteiger partial charge in [0.2, 0.25) is 6.33 Å². The Bertz CT molecular complexity index is 210. The SMILES string of the molecule is CCCCn1[c-][n+](CCOC)cc1. The summed E-state index contributed by atoms with van der Waals surface area (Å²) in [4.78, 5) is 0. The minimum absolute atomic E-state index is 0.749. The van der Waals surface area contributed by atoms with Gasteiger partial charge in [-0.15, -0.1) is 0 Å². The first-order chi connectivity index (χ1) is 6.36. The van der Waals surface area contributed by atoms with Crippen molar-refractivity contribution in [1.29, 1.82) is 0 Å². The second-order valence-electron chi connectivity index (χ2n) is 3.13. The molecular weight excluding hydrogens is 164 g/mol. The van der Waals surface area contributed by atoms with Gasteiger partial charge in [0.25, 0.3) is 0 Å². The third-order valence-corrected chi connectivity index (χ3v) is 1.97. The molecule has 74 valence electrons. The molecule has 1 aromatic rings. The van der Waals surface area contributed by atoms with Crippen LogP contribution in [0.4, 0.5) is 0 Å². The molecule has 13 heavy (non-hydrogen) atoms. The predicted octanol–water partition coefficient (Wildman–Crippen LogP) is 1.02. The van der Waals surface area contributed by atoms with Crippen LogP contribution < -0.4 is 4.57 Å². The van der Waals surface area contributed by atoms with Crippen molar-refractivity contribution in [3.63, 3.8) is 0 Å². The summed E-state index contributed by atoms with van der Waals surface area (Å²) >= 11 is 0. The number of rotatable bonds is 6. The van der Waals surface area contributed by atoms with E-state index in [1.807, 2.05) is 10.8 Å². The Hall–Kier alpha value is -0.830. The van der Waals surface area contributed by atoms with E-state index in [1.54, 1.807) is 7.11 Å². The number of aryl methyl sites for hydroxylation is 1. The van der Waals surface area contributed by atoms with Crippen LogP contribution in [0.25, 0.3) is 0 Å². The minimum Gasteiger partial charge on any atom is -0.381 e. The van der Waals surface area contributed by atoms with E-state index >= 15 is 0 Å². The fourth-order valence-electron chi connectivity index (χ4n) is 1.16. The van der Waals surface area contributed by atoms with E-state index in [0.29, 0.717) is 0 Å². The molecule has 0 spiro atoms.